The summed E-state index contributed by atoms with van der Waals surface area (Å²) >= 11 is 5.40. The lowest BCUT2D eigenvalue weighted by molar-refractivity contribution is -0.430. The normalized spacial score (nSPS) is 23.6. The maximum Gasteiger partial charge on any atom is 0.331 e. The fourth-order valence-corrected chi connectivity index (χ4v) is 1.69. The summed E-state index contributed by atoms with van der Waals surface area (Å²) in [6.45, 7) is 1.57. The Balaban J connectivity index is 3.03. The molecule has 100 valence electrons. The predicted molar refractivity (Wildman–Crippen MR) is 65.2 cm³/mol. The smallest absolute Gasteiger partial charge is 0.331 e. The molecule has 1 atom stereocenters. The van der Waals surface area contributed by atoms with Gasteiger partial charge in [-0.15, -0.1) is 11.6 Å². The Morgan fingerprint density at radius 2 is 2.33 bits per heavy atom. The van der Waals surface area contributed by atoms with Crippen LogP contribution in [0.1, 0.15) is 13.3 Å². The van der Waals surface area contributed by atoms with Crippen molar-refractivity contribution in [2.45, 2.75) is 18.9 Å². The average Bonchev–Trinajstić information content (AvgIpc) is 2.30. The summed E-state index contributed by atoms with van der Waals surface area (Å²) in [7, 11) is 0. The number of halogens is 1. The van der Waals surface area contributed by atoms with Crippen molar-refractivity contribution in [3.8, 4) is 0 Å². The lowest BCUT2D eigenvalue weighted by Gasteiger charge is -2.29. The van der Waals surface area contributed by atoms with E-state index >= 15 is 0 Å². The van der Waals surface area contributed by atoms with Crippen LogP contribution in [0.25, 0.3) is 0 Å². The van der Waals surface area contributed by atoms with E-state index in [4.69, 9.17) is 27.8 Å². The van der Waals surface area contributed by atoms with Gasteiger partial charge in [0.05, 0.1) is 17.2 Å². The van der Waals surface area contributed by atoms with E-state index in [1.807, 2.05) is 0 Å². The van der Waals surface area contributed by atoms with Crippen molar-refractivity contribution < 1.29 is 14.5 Å². The summed E-state index contributed by atoms with van der Waals surface area (Å²) in [6, 6.07) is 0. The first kappa shape index (κ1) is 14.5. The highest BCUT2D eigenvalue weighted by Crippen LogP contribution is 2.30. The van der Waals surface area contributed by atoms with Gasteiger partial charge in [-0.25, -0.2) is 4.79 Å². The summed E-state index contributed by atoms with van der Waals surface area (Å²) in [5, 5.41) is 10.8. The summed E-state index contributed by atoms with van der Waals surface area (Å²) < 4.78 is 4.84. The third-order valence-corrected chi connectivity index (χ3v) is 2.90. The number of nitrogens with two attached hydrogens (primary N) is 2. The van der Waals surface area contributed by atoms with Crippen LogP contribution >= 0.6 is 11.6 Å². The van der Waals surface area contributed by atoms with Crippen LogP contribution in [0.2, 0.25) is 0 Å². The summed E-state index contributed by atoms with van der Waals surface area (Å²) in [6.07, 6.45) is 1.03. The highest BCUT2D eigenvalue weighted by Gasteiger charge is 2.44. The average molecular weight is 276 g/mol. The lowest BCUT2D eigenvalue weighted by atomic mass is 9.82. The van der Waals surface area contributed by atoms with Crippen LogP contribution in [-0.4, -0.2) is 28.9 Å². The number of rotatable bonds is 4. The molecule has 0 aliphatic heterocycles. The topological polar surface area (TPSA) is 121 Å². The Labute approximate surface area is 109 Å². The number of nitrogens with zero attached hydrogens (tertiary/aromatic N) is 1. The van der Waals surface area contributed by atoms with Crippen molar-refractivity contribution in [3.05, 3.63) is 33.2 Å². The van der Waals surface area contributed by atoms with Crippen molar-refractivity contribution in [2.75, 3.05) is 12.5 Å². The number of hydrogen-bond acceptors (Lipinski definition) is 6. The van der Waals surface area contributed by atoms with Gasteiger partial charge in [0.2, 0.25) is 0 Å². The quantitative estimate of drug-likeness (QED) is 0.328. The zero-order chi connectivity index (χ0) is 13.9. The first-order valence-electron chi connectivity index (χ1n) is 5.16. The number of alkyl halides is 1. The fraction of sp³-hybridized carbons (Fsp3) is 0.500. The van der Waals surface area contributed by atoms with E-state index in [2.05, 4.69) is 0 Å². The molecular formula is C10H14ClN3O4. The molecular weight excluding hydrogens is 262 g/mol. The maximum atomic E-state index is 11.8. The summed E-state index contributed by atoms with van der Waals surface area (Å²) in [5.74, 6) is -0.617. The molecule has 0 spiro atoms. The molecule has 18 heavy (non-hydrogen) atoms. The number of esters is 1. The van der Waals surface area contributed by atoms with Crippen LogP contribution in [0, 0.1) is 10.1 Å². The van der Waals surface area contributed by atoms with Crippen LogP contribution in [0.3, 0.4) is 0 Å². The zero-order valence-corrected chi connectivity index (χ0v) is 10.6. The Kier molecular flexibility index (Phi) is 4.31. The number of carbonyl (C=O) groups excluding carboxylic acids is 1. The number of carbonyl (C=O) groups is 1. The Morgan fingerprint density at radius 3 is 2.83 bits per heavy atom. The summed E-state index contributed by atoms with van der Waals surface area (Å²) in [4.78, 5) is 22.0. The predicted octanol–water partition coefficient (Wildman–Crippen LogP) is 0.263. The molecule has 7 nitrogen and oxygen atoms in total. The molecule has 0 aromatic carbocycles. The van der Waals surface area contributed by atoms with Gasteiger partial charge in [0.25, 0.3) is 5.70 Å². The molecule has 4 N–H and O–H groups in total. The summed E-state index contributed by atoms with van der Waals surface area (Å²) in [5.41, 5.74) is 10.0. The van der Waals surface area contributed by atoms with Crippen molar-refractivity contribution in [1.29, 1.82) is 0 Å². The molecule has 8 heteroatoms. The largest absolute Gasteiger partial charge is 0.463 e. The van der Waals surface area contributed by atoms with Gasteiger partial charge in [-0.1, -0.05) is 0 Å². The minimum absolute atomic E-state index is 0.000384. The van der Waals surface area contributed by atoms with E-state index in [0.717, 1.165) is 0 Å². The molecule has 0 amide bonds. The van der Waals surface area contributed by atoms with Crippen molar-refractivity contribution >= 4 is 17.6 Å². The first-order chi connectivity index (χ1) is 8.32. The molecule has 0 heterocycles. The van der Waals surface area contributed by atoms with Crippen LogP contribution < -0.4 is 11.5 Å². The highest BCUT2D eigenvalue weighted by atomic mass is 35.5. The molecule has 1 rings (SSSR count). The molecule has 0 aromatic heterocycles. The zero-order valence-electron chi connectivity index (χ0n) is 9.81. The minimum Gasteiger partial charge on any atom is -0.463 e. The second-order valence-electron chi connectivity index (χ2n) is 3.96. The maximum absolute atomic E-state index is 11.8. The van der Waals surface area contributed by atoms with Gasteiger partial charge < -0.3 is 16.2 Å². The van der Waals surface area contributed by atoms with Gasteiger partial charge in [-0.3, -0.25) is 10.1 Å². The standard InChI is InChI=1S/C10H14ClN3O4/c1-6-4-7(12)8(14(16)17)5-10(6,13)9(15)18-3-2-11/h4H,2-3,5,12-13H2,1H3. The third-order valence-electron chi connectivity index (χ3n) is 2.75. The van der Waals surface area contributed by atoms with E-state index in [0.29, 0.717) is 5.57 Å². The lowest BCUT2D eigenvalue weighted by Crippen LogP contribution is -2.52. The number of allylic oxidation sites excluding steroid dienone is 1. The second-order valence-corrected chi connectivity index (χ2v) is 4.34. The Morgan fingerprint density at radius 1 is 1.72 bits per heavy atom. The van der Waals surface area contributed by atoms with Crippen LogP contribution in [0.5, 0.6) is 0 Å². The van der Waals surface area contributed by atoms with Gasteiger partial charge in [-0.2, -0.15) is 0 Å². The molecule has 0 fully saturated rings. The fourth-order valence-electron chi connectivity index (χ4n) is 1.61. The molecule has 1 unspecified atom stereocenters. The van der Waals surface area contributed by atoms with Crippen molar-refractivity contribution in [1.82, 2.24) is 0 Å². The SMILES string of the molecule is CC1=CC(N)=C([N+](=O)[O-])CC1(N)C(=O)OCCCl. The molecule has 0 saturated heterocycles. The van der Waals surface area contributed by atoms with Crippen LogP contribution in [0.4, 0.5) is 0 Å². The van der Waals surface area contributed by atoms with E-state index in [-0.39, 0.29) is 30.3 Å². The van der Waals surface area contributed by atoms with Crippen molar-refractivity contribution in [2.24, 2.45) is 11.5 Å². The van der Waals surface area contributed by atoms with Gasteiger partial charge in [0.15, 0.2) is 0 Å². The van der Waals surface area contributed by atoms with Gasteiger partial charge in [0, 0.05) is 0 Å². The molecule has 1 aliphatic rings. The second kappa shape index (κ2) is 5.36. The Bertz CT molecular complexity index is 446. The first-order valence-corrected chi connectivity index (χ1v) is 5.70. The molecule has 0 saturated carbocycles. The molecule has 0 radical (unpaired) electrons. The number of ether oxygens (including phenoxy) is 1. The van der Waals surface area contributed by atoms with E-state index in [1.165, 1.54) is 6.08 Å². The van der Waals surface area contributed by atoms with Crippen molar-refractivity contribution in [3.63, 3.8) is 0 Å². The van der Waals surface area contributed by atoms with Crippen LogP contribution in [0.15, 0.2) is 23.0 Å². The van der Waals surface area contributed by atoms with Crippen LogP contribution in [-0.2, 0) is 9.53 Å². The monoisotopic (exact) mass is 275 g/mol. The molecule has 0 bridgehead atoms. The van der Waals surface area contributed by atoms with Gasteiger partial charge in [-0.05, 0) is 18.6 Å². The highest BCUT2D eigenvalue weighted by molar-refractivity contribution is 6.18. The Hall–Kier alpha value is -1.60. The van der Waals surface area contributed by atoms with Gasteiger partial charge >= 0.3 is 5.97 Å². The van der Waals surface area contributed by atoms with E-state index in [9.17, 15) is 14.9 Å². The van der Waals surface area contributed by atoms with Gasteiger partial charge in [0.1, 0.15) is 17.8 Å². The minimum atomic E-state index is -1.56. The molecule has 0 aromatic rings. The number of hydrogen-bond donors (Lipinski definition) is 2. The van der Waals surface area contributed by atoms with E-state index in [1.54, 1.807) is 6.92 Å². The third kappa shape index (κ3) is 2.62. The van der Waals surface area contributed by atoms with E-state index < -0.39 is 16.4 Å². The number of nitro groups is 1. The molecule has 1 aliphatic carbocycles.